The summed E-state index contributed by atoms with van der Waals surface area (Å²) in [5.74, 6) is 0. The van der Waals surface area contributed by atoms with Gasteiger partial charge in [-0.25, -0.2) is 4.79 Å². The van der Waals surface area contributed by atoms with Gasteiger partial charge in [-0.2, -0.15) is 5.26 Å². The van der Waals surface area contributed by atoms with Crippen LogP contribution in [0.1, 0.15) is 11.1 Å². The lowest BCUT2D eigenvalue weighted by Gasteiger charge is -2.07. The molecule has 0 radical (unpaired) electrons. The van der Waals surface area contributed by atoms with Crippen LogP contribution in [0.25, 0.3) is 0 Å². The van der Waals surface area contributed by atoms with E-state index in [1.165, 1.54) is 10.8 Å². The SMILES string of the molecule is N#Cc1cn(Cc2ccccc2Br)c(=O)[nH]c1=O. The Morgan fingerprint density at radius 3 is 2.72 bits per heavy atom. The Labute approximate surface area is 110 Å². The molecular formula is C12H8BrN3O2. The maximum Gasteiger partial charge on any atom is 0.328 e. The zero-order valence-corrected chi connectivity index (χ0v) is 10.8. The second-order valence-corrected chi connectivity index (χ2v) is 4.49. The molecule has 0 amide bonds. The van der Waals surface area contributed by atoms with Crippen molar-refractivity contribution in [3.63, 3.8) is 0 Å². The van der Waals surface area contributed by atoms with Crippen molar-refractivity contribution < 1.29 is 0 Å². The quantitative estimate of drug-likeness (QED) is 0.906. The second-order valence-electron chi connectivity index (χ2n) is 3.63. The highest BCUT2D eigenvalue weighted by Crippen LogP contribution is 2.16. The second kappa shape index (κ2) is 5.02. The summed E-state index contributed by atoms with van der Waals surface area (Å²) in [5.41, 5.74) is -0.391. The van der Waals surface area contributed by atoms with Crippen LogP contribution in [0.3, 0.4) is 0 Å². The van der Waals surface area contributed by atoms with Crippen molar-refractivity contribution in [3.05, 3.63) is 66.9 Å². The lowest BCUT2D eigenvalue weighted by molar-refractivity contribution is 0.715. The van der Waals surface area contributed by atoms with E-state index in [4.69, 9.17) is 5.26 Å². The van der Waals surface area contributed by atoms with Crippen LogP contribution in [0.15, 0.2) is 44.5 Å². The number of H-pyrrole nitrogens is 1. The first-order chi connectivity index (χ1) is 8.61. The van der Waals surface area contributed by atoms with Gasteiger partial charge in [-0.15, -0.1) is 0 Å². The molecular weight excluding hydrogens is 298 g/mol. The van der Waals surface area contributed by atoms with E-state index in [-0.39, 0.29) is 12.1 Å². The highest BCUT2D eigenvalue weighted by atomic mass is 79.9. The molecule has 0 unspecified atom stereocenters. The Balaban J connectivity index is 2.48. The van der Waals surface area contributed by atoms with E-state index in [0.717, 1.165) is 10.0 Å². The normalized spacial score (nSPS) is 10.0. The third kappa shape index (κ3) is 2.41. The highest BCUT2D eigenvalue weighted by Gasteiger charge is 2.06. The van der Waals surface area contributed by atoms with Crippen LogP contribution in [0.2, 0.25) is 0 Å². The van der Waals surface area contributed by atoms with Gasteiger partial charge < -0.3 is 0 Å². The van der Waals surface area contributed by atoms with E-state index >= 15 is 0 Å². The van der Waals surface area contributed by atoms with Gasteiger partial charge in [0.05, 0.1) is 6.54 Å². The smallest absolute Gasteiger partial charge is 0.295 e. The summed E-state index contributed by atoms with van der Waals surface area (Å²) < 4.78 is 2.15. The van der Waals surface area contributed by atoms with Crippen molar-refractivity contribution in [3.8, 4) is 6.07 Å². The summed E-state index contributed by atoms with van der Waals surface area (Å²) in [5, 5.41) is 8.76. The van der Waals surface area contributed by atoms with Crippen LogP contribution in [0.4, 0.5) is 0 Å². The third-order valence-electron chi connectivity index (χ3n) is 2.43. The molecule has 18 heavy (non-hydrogen) atoms. The van der Waals surface area contributed by atoms with Crippen molar-refractivity contribution in [1.82, 2.24) is 9.55 Å². The van der Waals surface area contributed by atoms with E-state index in [1.807, 2.05) is 24.3 Å². The molecule has 6 heteroatoms. The summed E-state index contributed by atoms with van der Waals surface area (Å²) in [6, 6.07) is 9.18. The van der Waals surface area contributed by atoms with Crippen LogP contribution in [0.5, 0.6) is 0 Å². The molecule has 0 spiro atoms. The minimum Gasteiger partial charge on any atom is -0.295 e. The molecule has 1 heterocycles. The Kier molecular flexibility index (Phi) is 3.44. The van der Waals surface area contributed by atoms with E-state index in [1.54, 1.807) is 6.07 Å². The number of hydrogen-bond donors (Lipinski definition) is 1. The number of aromatic amines is 1. The number of hydrogen-bond acceptors (Lipinski definition) is 3. The van der Waals surface area contributed by atoms with Gasteiger partial charge in [0.25, 0.3) is 5.56 Å². The number of nitrogens with one attached hydrogen (secondary N) is 1. The van der Waals surface area contributed by atoms with E-state index in [9.17, 15) is 9.59 Å². The number of nitriles is 1. The number of aromatic nitrogens is 2. The Hall–Kier alpha value is -2.13. The third-order valence-corrected chi connectivity index (χ3v) is 3.20. The lowest BCUT2D eigenvalue weighted by Crippen LogP contribution is -2.31. The first kappa shape index (κ1) is 12.3. The molecule has 1 aromatic carbocycles. The molecule has 0 aliphatic carbocycles. The minimum atomic E-state index is -0.661. The van der Waals surface area contributed by atoms with Crippen molar-refractivity contribution in [1.29, 1.82) is 5.26 Å². The Bertz CT molecular complexity index is 740. The largest absolute Gasteiger partial charge is 0.328 e. The first-order valence-corrected chi connectivity index (χ1v) is 5.88. The van der Waals surface area contributed by atoms with Crippen LogP contribution < -0.4 is 11.2 Å². The van der Waals surface area contributed by atoms with Gasteiger partial charge in [0.1, 0.15) is 11.6 Å². The van der Waals surface area contributed by atoms with Gasteiger partial charge in [-0.3, -0.25) is 14.3 Å². The maximum atomic E-state index is 11.6. The van der Waals surface area contributed by atoms with Crippen molar-refractivity contribution in [2.24, 2.45) is 0 Å². The number of nitrogens with zero attached hydrogens (tertiary/aromatic N) is 2. The summed E-state index contributed by atoms with van der Waals surface area (Å²) in [4.78, 5) is 25.0. The lowest BCUT2D eigenvalue weighted by atomic mass is 10.2. The zero-order valence-electron chi connectivity index (χ0n) is 9.18. The summed E-state index contributed by atoms with van der Waals surface area (Å²) >= 11 is 3.38. The van der Waals surface area contributed by atoms with Gasteiger partial charge in [0, 0.05) is 10.7 Å². The summed E-state index contributed by atoms with van der Waals surface area (Å²) in [6.45, 7) is 0.283. The summed E-state index contributed by atoms with van der Waals surface area (Å²) in [6.07, 6.45) is 1.26. The van der Waals surface area contributed by atoms with E-state index < -0.39 is 11.2 Å². The number of benzene rings is 1. The Morgan fingerprint density at radius 2 is 2.06 bits per heavy atom. The van der Waals surface area contributed by atoms with Crippen molar-refractivity contribution in [2.75, 3.05) is 0 Å². The van der Waals surface area contributed by atoms with Gasteiger partial charge >= 0.3 is 5.69 Å². The van der Waals surface area contributed by atoms with Crippen molar-refractivity contribution in [2.45, 2.75) is 6.54 Å². The highest BCUT2D eigenvalue weighted by molar-refractivity contribution is 9.10. The molecule has 1 aromatic heterocycles. The standard InChI is InChI=1S/C12H8BrN3O2/c13-10-4-2-1-3-8(10)6-16-7-9(5-14)11(17)15-12(16)18/h1-4,7H,6H2,(H,15,17,18). The number of rotatable bonds is 2. The van der Waals surface area contributed by atoms with Crippen LogP contribution in [-0.4, -0.2) is 9.55 Å². The Morgan fingerprint density at radius 1 is 1.33 bits per heavy atom. The average molecular weight is 306 g/mol. The molecule has 2 aromatic rings. The van der Waals surface area contributed by atoms with Gasteiger partial charge in [0.2, 0.25) is 0 Å². The van der Waals surface area contributed by atoms with E-state index in [2.05, 4.69) is 20.9 Å². The van der Waals surface area contributed by atoms with Gasteiger partial charge in [0.15, 0.2) is 0 Å². The molecule has 0 fully saturated rings. The molecule has 1 N–H and O–H groups in total. The predicted octanol–water partition coefficient (Wildman–Crippen LogP) is 1.22. The molecule has 2 rings (SSSR count). The fourth-order valence-electron chi connectivity index (χ4n) is 1.52. The molecule has 5 nitrogen and oxygen atoms in total. The molecule has 0 saturated carbocycles. The van der Waals surface area contributed by atoms with Gasteiger partial charge in [-0.05, 0) is 11.6 Å². The molecule has 0 aliphatic rings. The minimum absolute atomic E-state index is 0.0818. The zero-order chi connectivity index (χ0) is 13.1. The van der Waals surface area contributed by atoms with Crippen molar-refractivity contribution >= 4 is 15.9 Å². The molecule has 0 aliphatic heterocycles. The predicted molar refractivity (Wildman–Crippen MR) is 69.3 cm³/mol. The average Bonchev–Trinajstić information content (AvgIpc) is 2.35. The van der Waals surface area contributed by atoms with Crippen LogP contribution >= 0.6 is 15.9 Å². The molecule has 0 atom stereocenters. The van der Waals surface area contributed by atoms with E-state index in [0.29, 0.717) is 0 Å². The van der Waals surface area contributed by atoms with Gasteiger partial charge in [-0.1, -0.05) is 34.1 Å². The summed E-state index contributed by atoms with van der Waals surface area (Å²) in [7, 11) is 0. The molecule has 0 bridgehead atoms. The molecule has 90 valence electrons. The van der Waals surface area contributed by atoms with Crippen LogP contribution in [-0.2, 0) is 6.54 Å². The number of halogens is 1. The fraction of sp³-hybridized carbons (Fsp3) is 0.0833. The first-order valence-electron chi connectivity index (χ1n) is 5.09. The monoisotopic (exact) mass is 305 g/mol. The topological polar surface area (TPSA) is 78.7 Å². The van der Waals surface area contributed by atoms with Crippen LogP contribution in [0, 0.1) is 11.3 Å². The maximum absolute atomic E-state index is 11.6. The molecule has 0 saturated heterocycles. The fourth-order valence-corrected chi connectivity index (χ4v) is 1.93.